The van der Waals surface area contributed by atoms with Crippen LogP contribution in [0.2, 0.25) is 0 Å². The van der Waals surface area contributed by atoms with Gasteiger partial charge in [-0.25, -0.2) is 0 Å². The number of aliphatic imine (C=N–C) groups is 1. The molecular formula is C15H26IN3S. The number of halogens is 1. The summed E-state index contributed by atoms with van der Waals surface area (Å²) in [5.41, 5.74) is 0. The van der Waals surface area contributed by atoms with Crippen molar-refractivity contribution in [1.29, 1.82) is 0 Å². The Labute approximate surface area is 144 Å². The van der Waals surface area contributed by atoms with Crippen molar-refractivity contribution in [1.82, 2.24) is 10.6 Å². The first-order valence-corrected chi connectivity index (χ1v) is 7.89. The molecule has 1 rings (SSSR count). The topological polar surface area (TPSA) is 36.4 Å². The van der Waals surface area contributed by atoms with Crippen molar-refractivity contribution in [3.05, 3.63) is 30.3 Å². The molecule has 20 heavy (non-hydrogen) atoms. The van der Waals surface area contributed by atoms with Crippen LogP contribution in [0.4, 0.5) is 0 Å². The maximum Gasteiger partial charge on any atom is 0.191 e. The molecule has 0 amide bonds. The largest absolute Gasteiger partial charge is 0.356 e. The van der Waals surface area contributed by atoms with Crippen LogP contribution in [0.25, 0.3) is 0 Å². The standard InChI is InChI=1S/C15H25N3S.HI/c1-4-13(2)18-15(16-3)17-11-8-12-19-14-9-6-5-7-10-14;/h5-7,9-10,13H,4,8,11-12H2,1-3H3,(H2,16,17,18);1H. The molecule has 0 saturated heterocycles. The number of benzene rings is 1. The second kappa shape index (κ2) is 12.3. The van der Waals surface area contributed by atoms with Crippen molar-refractivity contribution in [2.45, 2.75) is 37.6 Å². The molecule has 114 valence electrons. The fourth-order valence-electron chi connectivity index (χ4n) is 1.52. The van der Waals surface area contributed by atoms with E-state index < -0.39 is 0 Å². The summed E-state index contributed by atoms with van der Waals surface area (Å²) in [4.78, 5) is 5.56. The van der Waals surface area contributed by atoms with Gasteiger partial charge in [-0.05, 0) is 37.7 Å². The monoisotopic (exact) mass is 407 g/mol. The smallest absolute Gasteiger partial charge is 0.191 e. The van der Waals surface area contributed by atoms with Crippen LogP contribution in [-0.2, 0) is 0 Å². The predicted octanol–water partition coefficient (Wildman–Crippen LogP) is 3.75. The van der Waals surface area contributed by atoms with E-state index in [-0.39, 0.29) is 24.0 Å². The van der Waals surface area contributed by atoms with Crippen LogP contribution in [-0.4, -0.2) is 31.3 Å². The van der Waals surface area contributed by atoms with Gasteiger partial charge in [0.15, 0.2) is 5.96 Å². The van der Waals surface area contributed by atoms with Gasteiger partial charge < -0.3 is 10.6 Å². The van der Waals surface area contributed by atoms with E-state index in [1.165, 1.54) is 4.90 Å². The molecule has 2 N–H and O–H groups in total. The molecule has 1 unspecified atom stereocenters. The summed E-state index contributed by atoms with van der Waals surface area (Å²) in [6.07, 6.45) is 2.23. The highest BCUT2D eigenvalue weighted by atomic mass is 127. The third-order valence-corrected chi connectivity index (χ3v) is 3.94. The molecule has 0 aromatic heterocycles. The molecule has 0 bridgehead atoms. The first-order valence-electron chi connectivity index (χ1n) is 6.91. The zero-order chi connectivity index (χ0) is 13.9. The summed E-state index contributed by atoms with van der Waals surface area (Å²) >= 11 is 1.90. The van der Waals surface area contributed by atoms with Gasteiger partial charge in [-0.1, -0.05) is 25.1 Å². The highest BCUT2D eigenvalue weighted by Crippen LogP contribution is 2.17. The van der Waals surface area contributed by atoms with Gasteiger partial charge >= 0.3 is 0 Å². The van der Waals surface area contributed by atoms with Gasteiger partial charge in [0.1, 0.15) is 0 Å². The predicted molar refractivity (Wildman–Crippen MR) is 101 cm³/mol. The zero-order valence-corrected chi connectivity index (χ0v) is 15.7. The fourth-order valence-corrected chi connectivity index (χ4v) is 2.39. The Morgan fingerprint density at radius 3 is 2.60 bits per heavy atom. The van der Waals surface area contributed by atoms with Crippen LogP contribution in [0.15, 0.2) is 40.2 Å². The first kappa shape index (κ1) is 19.6. The number of thioether (sulfide) groups is 1. The SMILES string of the molecule is CCC(C)NC(=NC)NCCCSc1ccccc1.I. The highest BCUT2D eigenvalue weighted by Gasteiger charge is 2.01. The Morgan fingerprint density at radius 1 is 1.30 bits per heavy atom. The van der Waals surface area contributed by atoms with Crippen LogP contribution in [0.1, 0.15) is 26.7 Å². The minimum Gasteiger partial charge on any atom is -0.356 e. The number of hydrogen-bond donors (Lipinski definition) is 2. The second-order valence-electron chi connectivity index (χ2n) is 4.47. The minimum atomic E-state index is 0. The van der Waals surface area contributed by atoms with Gasteiger partial charge in [-0.3, -0.25) is 4.99 Å². The van der Waals surface area contributed by atoms with E-state index in [1.807, 2.05) is 18.8 Å². The van der Waals surface area contributed by atoms with Crippen LogP contribution in [0.5, 0.6) is 0 Å². The lowest BCUT2D eigenvalue weighted by Gasteiger charge is -2.16. The van der Waals surface area contributed by atoms with Crippen LogP contribution < -0.4 is 10.6 Å². The van der Waals surface area contributed by atoms with E-state index in [4.69, 9.17) is 0 Å². The summed E-state index contributed by atoms with van der Waals surface area (Å²) in [6.45, 7) is 5.29. The third kappa shape index (κ3) is 8.68. The molecule has 1 atom stereocenters. The summed E-state index contributed by atoms with van der Waals surface area (Å²) in [5.74, 6) is 2.02. The van der Waals surface area contributed by atoms with Gasteiger partial charge in [0, 0.05) is 24.5 Å². The van der Waals surface area contributed by atoms with Crippen molar-refractivity contribution in [3.63, 3.8) is 0 Å². The van der Waals surface area contributed by atoms with E-state index in [0.717, 1.165) is 31.1 Å². The minimum absolute atomic E-state index is 0. The van der Waals surface area contributed by atoms with Gasteiger partial charge in [0.05, 0.1) is 0 Å². The molecule has 1 aromatic carbocycles. The summed E-state index contributed by atoms with van der Waals surface area (Å²) in [7, 11) is 1.82. The molecule has 0 heterocycles. The number of nitrogens with one attached hydrogen (secondary N) is 2. The first-order chi connectivity index (χ1) is 9.26. The van der Waals surface area contributed by atoms with E-state index in [1.54, 1.807) is 0 Å². The molecule has 0 radical (unpaired) electrons. The Kier molecular flexibility index (Phi) is 12.1. The molecule has 0 aliphatic rings. The Morgan fingerprint density at radius 2 is 2.00 bits per heavy atom. The second-order valence-corrected chi connectivity index (χ2v) is 5.64. The Hall–Kier alpha value is -0.430. The molecule has 0 aliphatic heterocycles. The van der Waals surface area contributed by atoms with Crippen LogP contribution >= 0.6 is 35.7 Å². The Bertz CT molecular complexity index is 371. The number of guanidine groups is 1. The number of rotatable bonds is 7. The molecule has 0 saturated carbocycles. The van der Waals surface area contributed by atoms with Crippen LogP contribution in [0, 0.1) is 0 Å². The summed E-state index contributed by atoms with van der Waals surface area (Å²) in [5, 5.41) is 6.70. The van der Waals surface area contributed by atoms with Crippen molar-refractivity contribution >= 4 is 41.7 Å². The molecule has 3 nitrogen and oxygen atoms in total. The molecule has 5 heteroatoms. The van der Waals surface area contributed by atoms with Gasteiger partial charge in [0.2, 0.25) is 0 Å². The zero-order valence-electron chi connectivity index (χ0n) is 12.6. The Balaban J connectivity index is 0.00000361. The maximum absolute atomic E-state index is 4.22. The molecule has 1 aromatic rings. The van der Waals surface area contributed by atoms with Crippen LogP contribution in [0.3, 0.4) is 0 Å². The van der Waals surface area contributed by atoms with Gasteiger partial charge in [-0.2, -0.15) is 0 Å². The van der Waals surface area contributed by atoms with E-state index >= 15 is 0 Å². The van der Waals surface area contributed by atoms with E-state index in [2.05, 4.69) is 59.8 Å². The molecular weight excluding hydrogens is 381 g/mol. The van der Waals surface area contributed by atoms with Crippen molar-refractivity contribution in [3.8, 4) is 0 Å². The summed E-state index contributed by atoms with van der Waals surface area (Å²) < 4.78 is 0. The van der Waals surface area contributed by atoms with Crippen molar-refractivity contribution in [2.24, 2.45) is 4.99 Å². The fraction of sp³-hybridized carbons (Fsp3) is 0.533. The number of nitrogens with zero attached hydrogens (tertiary/aromatic N) is 1. The average Bonchev–Trinajstić information content (AvgIpc) is 2.46. The highest BCUT2D eigenvalue weighted by molar-refractivity contribution is 14.0. The molecule has 0 spiro atoms. The number of hydrogen-bond acceptors (Lipinski definition) is 2. The van der Waals surface area contributed by atoms with Gasteiger partial charge in [-0.15, -0.1) is 35.7 Å². The lowest BCUT2D eigenvalue weighted by atomic mass is 10.3. The van der Waals surface area contributed by atoms with Crippen molar-refractivity contribution < 1.29 is 0 Å². The van der Waals surface area contributed by atoms with E-state index in [0.29, 0.717) is 6.04 Å². The third-order valence-electron chi connectivity index (χ3n) is 2.84. The van der Waals surface area contributed by atoms with Gasteiger partial charge in [0.25, 0.3) is 0 Å². The molecule has 0 aliphatic carbocycles. The normalized spacial score (nSPS) is 12.4. The maximum atomic E-state index is 4.22. The lowest BCUT2D eigenvalue weighted by molar-refractivity contribution is 0.623. The van der Waals surface area contributed by atoms with Crippen molar-refractivity contribution in [2.75, 3.05) is 19.3 Å². The van der Waals surface area contributed by atoms with E-state index in [9.17, 15) is 0 Å². The molecule has 0 fully saturated rings. The average molecular weight is 407 g/mol. The quantitative estimate of drug-likeness (QED) is 0.238. The lowest BCUT2D eigenvalue weighted by Crippen LogP contribution is -2.42. The summed E-state index contributed by atoms with van der Waals surface area (Å²) in [6, 6.07) is 11.0.